The van der Waals surface area contributed by atoms with Crippen LogP contribution in [0.25, 0.3) is 0 Å². The first-order valence-corrected chi connectivity index (χ1v) is 12.6. The first-order valence-electron chi connectivity index (χ1n) is 12.2. The first-order chi connectivity index (χ1) is 18.2. The molecule has 1 atom stereocenters. The molecule has 1 aromatic heterocycles. The van der Waals surface area contributed by atoms with Gasteiger partial charge in [0.05, 0.1) is 23.3 Å². The number of nitrogens with one attached hydrogen (secondary N) is 2. The average Bonchev–Trinajstić information content (AvgIpc) is 3.38. The lowest BCUT2D eigenvalue weighted by Crippen LogP contribution is -2.41. The van der Waals surface area contributed by atoms with E-state index in [2.05, 4.69) is 15.6 Å². The molecule has 0 aliphatic carbocycles. The summed E-state index contributed by atoms with van der Waals surface area (Å²) >= 11 is 5.87. The van der Waals surface area contributed by atoms with Crippen LogP contribution in [-0.4, -0.2) is 29.9 Å². The van der Waals surface area contributed by atoms with E-state index in [9.17, 15) is 22.8 Å². The van der Waals surface area contributed by atoms with Gasteiger partial charge >= 0.3 is 6.18 Å². The van der Waals surface area contributed by atoms with E-state index in [4.69, 9.17) is 16.3 Å². The molecule has 1 aliphatic rings. The average molecular weight is 546 g/mol. The normalized spacial score (nSPS) is 17.3. The Morgan fingerprint density at radius 2 is 1.79 bits per heavy atom. The number of nitrogens with zero attached hydrogens (tertiary/aromatic N) is 1. The fourth-order valence-electron chi connectivity index (χ4n) is 4.45. The number of hydrogen-bond donors (Lipinski definition) is 2. The van der Waals surface area contributed by atoms with Crippen LogP contribution in [0.5, 0.6) is 0 Å². The van der Waals surface area contributed by atoms with Gasteiger partial charge in [0, 0.05) is 25.3 Å². The molecular weight excluding hydrogens is 519 g/mol. The highest BCUT2D eigenvalue weighted by Gasteiger charge is 2.41. The molecule has 1 fully saturated rings. The number of hydrogen-bond acceptors (Lipinski definition) is 5. The molecule has 0 bridgehead atoms. The van der Waals surface area contributed by atoms with Gasteiger partial charge in [-0.2, -0.15) is 13.2 Å². The Morgan fingerprint density at radius 3 is 2.47 bits per heavy atom. The fourth-order valence-corrected chi connectivity index (χ4v) is 4.61. The zero-order valence-corrected chi connectivity index (χ0v) is 21.2. The van der Waals surface area contributed by atoms with E-state index in [1.54, 1.807) is 42.5 Å². The van der Waals surface area contributed by atoms with Crippen LogP contribution in [-0.2, 0) is 22.3 Å². The number of ether oxygens (including phenoxy) is 1. The van der Waals surface area contributed by atoms with E-state index in [0.717, 1.165) is 11.6 Å². The van der Waals surface area contributed by atoms with Crippen LogP contribution < -0.4 is 10.6 Å². The first kappa shape index (κ1) is 27.6. The summed E-state index contributed by atoms with van der Waals surface area (Å²) in [5, 5.41) is 6.02. The summed E-state index contributed by atoms with van der Waals surface area (Å²) in [6.07, 6.45) is -2.67. The van der Waals surface area contributed by atoms with Gasteiger partial charge in [0.1, 0.15) is 10.8 Å². The largest absolute Gasteiger partial charge is 0.418 e. The minimum absolute atomic E-state index is 0.0335. The number of carbonyl (C=O) groups is 2. The predicted molar refractivity (Wildman–Crippen MR) is 138 cm³/mol. The molecule has 6 nitrogen and oxygen atoms in total. The SMILES string of the molecule is O=C(CCC[C@@]1(C(=O)NCc2ccc(Nc3ccccc3C(F)(F)F)cc2)CCOC1)c1cccc(Cl)n1. The third kappa shape index (κ3) is 6.90. The number of anilines is 2. The van der Waals surface area contributed by atoms with Gasteiger partial charge in [-0.25, -0.2) is 4.98 Å². The molecule has 4 rings (SSSR count). The molecule has 1 saturated heterocycles. The lowest BCUT2D eigenvalue weighted by Gasteiger charge is -2.26. The summed E-state index contributed by atoms with van der Waals surface area (Å²) in [4.78, 5) is 29.6. The van der Waals surface area contributed by atoms with E-state index in [1.165, 1.54) is 18.2 Å². The van der Waals surface area contributed by atoms with Crippen molar-refractivity contribution in [1.82, 2.24) is 10.3 Å². The Balaban J connectivity index is 1.31. The van der Waals surface area contributed by atoms with Gasteiger partial charge in [-0.15, -0.1) is 0 Å². The number of amides is 1. The number of para-hydroxylation sites is 1. The second kappa shape index (κ2) is 12.0. The number of halogens is 4. The molecule has 200 valence electrons. The third-order valence-electron chi connectivity index (χ3n) is 6.56. The van der Waals surface area contributed by atoms with Gasteiger partial charge in [-0.1, -0.05) is 41.9 Å². The maximum atomic E-state index is 13.2. The van der Waals surface area contributed by atoms with Crippen LogP contribution in [0.15, 0.2) is 66.7 Å². The van der Waals surface area contributed by atoms with Crippen LogP contribution in [0.2, 0.25) is 5.15 Å². The number of benzene rings is 2. The van der Waals surface area contributed by atoms with Crippen molar-refractivity contribution >= 4 is 34.7 Å². The van der Waals surface area contributed by atoms with Crippen molar-refractivity contribution in [3.05, 3.63) is 88.7 Å². The number of ketones is 1. The van der Waals surface area contributed by atoms with Crippen molar-refractivity contribution in [2.45, 2.75) is 38.4 Å². The van der Waals surface area contributed by atoms with Gasteiger partial charge in [0.25, 0.3) is 0 Å². The van der Waals surface area contributed by atoms with Crippen molar-refractivity contribution in [2.24, 2.45) is 5.41 Å². The molecule has 0 unspecified atom stereocenters. The highest BCUT2D eigenvalue weighted by atomic mass is 35.5. The smallest absolute Gasteiger partial charge is 0.380 e. The summed E-state index contributed by atoms with van der Waals surface area (Å²) in [7, 11) is 0. The van der Waals surface area contributed by atoms with Crippen LogP contribution in [0.3, 0.4) is 0 Å². The number of pyridine rings is 1. The number of carbonyl (C=O) groups excluding carboxylic acids is 2. The van der Waals surface area contributed by atoms with Crippen molar-refractivity contribution < 1.29 is 27.5 Å². The van der Waals surface area contributed by atoms with Crippen LogP contribution in [0.4, 0.5) is 24.5 Å². The molecule has 2 aromatic carbocycles. The van der Waals surface area contributed by atoms with Gasteiger partial charge in [0.2, 0.25) is 5.91 Å². The van der Waals surface area contributed by atoms with Gasteiger partial charge in [0.15, 0.2) is 5.78 Å². The number of alkyl halides is 3. The van der Waals surface area contributed by atoms with Crippen molar-refractivity contribution in [3.8, 4) is 0 Å². The predicted octanol–water partition coefficient (Wildman–Crippen LogP) is 6.57. The van der Waals surface area contributed by atoms with E-state index < -0.39 is 17.2 Å². The number of aromatic nitrogens is 1. The second-order valence-electron chi connectivity index (χ2n) is 9.25. The monoisotopic (exact) mass is 545 g/mol. The van der Waals surface area contributed by atoms with Crippen LogP contribution >= 0.6 is 11.6 Å². The van der Waals surface area contributed by atoms with Crippen molar-refractivity contribution in [3.63, 3.8) is 0 Å². The second-order valence-corrected chi connectivity index (χ2v) is 9.64. The van der Waals surface area contributed by atoms with Crippen LogP contribution in [0.1, 0.15) is 47.3 Å². The number of rotatable bonds is 10. The maximum Gasteiger partial charge on any atom is 0.418 e. The van der Waals surface area contributed by atoms with Crippen molar-refractivity contribution in [2.75, 3.05) is 18.5 Å². The minimum Gasteiger partial charge on any atom is -0.380 e. The minimum atomic E-state index is -4.47. The van der Waals surface area contributed by atoms with Crippen molar-refractivity contribution in [1.29, 1.82) is 0 Å². The molecule has 0 saturated carbocycles. The summed E-state index contributed by atoms with van der Waals surface area (Å²) in [6, 6.07) is 17.0. The molecule has 2 N–H and O–H groups in total. The van der Waals surface area contributed by atoms with Gasteiger partial charge in [-0.05, 0) is 61.2 Å². The summed E-state index contributed by atoms with van der Waals surface area (Å²) in [5.41, 5.74) is 0.101. The molecule has 0 radical (unpaired) electrons. The molecule has 0 spiro atoms. The number of Topliss-reactive ketones (excluding diaryl/α,β-unsaturated/α-hetero) is 1. The lowest BCUT2D eigenvalue weighted by molar-refractivity contribution is -0.137. The Kier molecular flexibility index (Phi) is 8.69. The molecule has 38 heavy (non-hydrogen) atoms. The van der Waals surface area contributed by atoms with E-state index in [1.807, 2.05) is 0 Å². The van der Waals surface area contributed by atoms with E-state index >= 15 is 0 Å². The summed E-state index contributed by atoms with van der Waals surface area (Å²) in [6.45, 7) is 1.01. The Labute approximate surface area is 223 Å². The zero-order valence-electron chi connectivity index (χ0n) is 20.5. The molecule has 1 aliphatic heterocycles. The highest BCUT2D eigenvalue weighted by molar-refractivity contribution is 6.29. The summed E-state index contributed by atoms with van der Waals surface area (Å²) < 4.78 is 45.3. The third-order valence-corrected chi connectivity index (χ3v) is 6.77. The summed E-state index contributed by atoms with van der Waals surface area (Å²) in [5.74, 6) is -0.279. The molecule has 10 heteroatoms. The molecule has 1 amide bonds. The van der Waals surface area contributed by atoms with Gasteiger partial charge < -0.3 is 15.4 Å². The Bertz CT molecular complexity index is 1280. The maximum absolute atomic E-state index is 13.2. The topological polar surface area (TPSA) is 80.3 Å². The Hall–Kier alpha value is -3.43. The van der Waals surface area contributed by atoms with Gasteiger partial charge in [-0.3, -0.25) is 9.59 Å². The molecule has 3 aromatic rings. The standard InChI is InChI=1S/C28H27ClF3N3O3/c29-25-9-3-7-23(35-25)24(36)8-4-14-27(15-16-38-18-27)26(37)33-17-19-10-12-20(13-11-19)34-22-6-2-1-5-21(22)28(30,31)32/h1-3,5-7,9-13,34H,4,8,14-18H2,(H,33,37)/t27-/m1/s1. The zero-order chi connectivity index (χ0) is 27.2. The quantitative estimate of drug-likeness (QED) is 0.222. The van der Waals surface area contributed by atoms with Crippen LogP contribution in [0, 0.1) is 5.41 Å². The Morgan fingerprint density at radius 1 is 1.03 bits per heavy atom. The molecular formula is C28H27ClF3N3O3. The lowest BCUT2D eigenvalue weighted by atomic mass is 9.80. The van der Waals surface area contributed by atoms with E-state index in [-0.39, 0.29) is 42.1 Å². The fraction of sp³-hybridized carbons (Fsp3) is 0.321. The highest BCUT2D eigenvalue weighted by Crippen LogP contribution is 2.36. The molecule has 2 heterocycles. The van der Waals surface area contributed by atoms with E-state index in [0.29, 0.717) is 37.3 Å².